The number of aromatic hydroxyl groups is 2. The van der Waals surface area contributed by atoms with Crippen LogP contribution in [-0.2, 0) is 0 Å². The van der Waals surface area contributed by atoms with Gasteiger partial charge in [0.1, 0.15) is 10.4 Å². The summed E-state index contributed by atoms with van der Waals surface area (Å²) in [7, 11) is 0. The molecule has 0 bridgehead atoms. The van der Waals surface area contributed by atoms with E-state index in [1.165, 1.54) is 0 Å². The van der Waals surface area contributed by atoms with Crippen LogP contribution in [0.4, 0.5) is 5.69 Å². The van der Waals surface area contributed by atoms with Crippen molar-refractivity contribution in [2.75, 3.05) is 0 Å². The molecule has 0 aliphatic rings. The number of phenolic OH excluding ortho intramolecular Hbond substituents is 2. The Morgan fingerprint density at radius 1 is 1.19 bits per heavy atom. The number of hydrogen-bond donors (Lipinski definition) is 2. The number of aromatic nitrogens is 1. The summed E-state index contributed by atoms with van der Waals surface area (Å²) in [6.45, 7) is 0. The highest BCUT2D eigenvalue weighted by Crippen LogP contribution is 2.45. The smallest absolute Gasteiger partial charge is 0.287 e. The molecule has 0 unspecified atom stereocenters. The molecule has 0 spiro atoms. The topological polar surface area (TPSA) is 110 Å². The second-order valence-corrected chi connectivity index (χ2v) is 5.05. The van der Waals surface area contributed by atoms with Crippen LogP contribution in [0.3, 0.4) is 0 Å². The van der Waals surface area contributed by atoms with E-state index >= 15 is 0 Å². The van der Waals surface area contributed by atoms with E-state index in [2.05, 4.69) is 4.98 Å². The van der Waals surface area contributed by atoms with Crippen molar-refractivity contribution < 1.29 is 19.6 Å². The van der Waals surface area contributed by atoms with Gasteiger partial charge in [0.25, 0.3) is 10.9 Å². The van der Waals surface area contributed by atoms with Crippen LogP contribution in [0, 0.1) is 10.1 Å². The maximum absolute atomic E-state index is 11.0. The summed E-state index contributed by atoms with van der Waals surface area (Å²) in [4.78, 5) is 14.4. The zero-order chi connectivity index (χ0) is 15.0. The van der Waals surface area contributed by atoms with E-state index in [1.54, 1.807) is 24.3 Å². The predicted octanol–water partition coefficient (Wildman–Crippen LogP) is 3.30. The van der Waals surface area contributed by atoms with Crippen LogP contribution in [0.25, 0.3) is 11.1 Å². The molecule has 3 aromatic rings. The number of benzene rings is 2. The van der Waals surface area contributed by atoms with Crippen molar-refractivity contribution >= 4 is 28.5 Å². The van der Waals surface area contributed by atoms with Crippen LogP contribution >= 0.6 is 11.8 Å². The monoisotopic (exact) mass is 304 g/mol. The van der Waals surface area contributed by atoms with Crippen molar-refractivity contribution in [2.45, 2.75) is 10.1 Å². The van der Waals surface area contributed by atoms with E-state index in [0.717, 1.165) is 23.9 Å². The third-order valence-electron chi connectivity index (χ3n) is 2.75. The molecule has 8 heteroatoms. The molecule has 1 heterocycles. The Hall–Kier alpha value is -2.74. The van der Waals surface area contributed by atoms with E-state index in [9.17, 15) is 20.3 Å². The van der Waals surface area contributed by atoms with Crippen molar-refractivity contribution in [3.8, 4) is 11.5 Å². The van der Waals surface area contributed by atoms with Crippen molar-refractivity contribution in [1.82, 2.24) is 4.98 Å². The molecule has 0 amide bonds. The molecule has 2 N–H and O–H groups in total. The lowest BCUT2D eigenvalue weighted by molar-refractivity contribution is -0.387. The maximum atomic E-state index is 11.0. The number of nitro benzene ring substituents is 1. The van der Waals surface area contributed by atoms with Crippen LogP contribution in [0.5, 0.6) is 11.5 Å². The molecule has 7 nitrogen and oxygen atoms in total. The lowest BCUT2D eigenvalue weighted by Gasteiger charge is -2.04. The highest BCUT2D eigenvalue weighted by Gasteiger charge is 2.23. The Balaban J connectivity index is 2.08. The third-order valence-corrected chi connectivity index (χ3v) is 3.71. The molecule has 0 saturated heterocycles. The molecule has 3 rings (SSSR count). The number of phenols is 2. The summed E-state index contributed by atoms with van der Waals surface area (Å²) < 4.78 is 5.44. The van der Waals surface area contributed by atoms with Crippen molar-refractivity contribution in [2.24, 2.45) is 0 Å². The first-order chi connectivity index (χ1) is 10.1. The molecule has 0 radical (unpaired) electrons. The molecule has 21 heavy (non-hydrogen) atoms. The fourth-order valence-electron chi connectivity index (χ4n) is 1.78. The van der Waals surface area contributed by atoms with Gasteiger partial charge >= 0.3 is 0 Å². The van der Waals surface area contributed by atoms with Crippen molar-refractivity contribution in [3.05, 3.63) is 46.5 Å². The SMILES string of the molecule is O=[N+]([O-])c1ccc(O)c(O)c1Sc1nc2ccccc2o1. The van der Waals surface area contributed by atoms with Crippen LogP contribution in [0.2, 0.25) is 0 Å². The van der Waals surface area contributed by atoms with Gasteiger partial charge in [0.15, 0.2) is 17.1 Å². The molecular weight excluding hydrogens is 296 g/mol. The molecule has 0 aliphatic carbocycles. The van der Waals surface area contributed by atoms with E-state index in [-0.39, 0.29) is 15.8 Å². The third kappa shape index (κ3) is 2.36. The Morgan fingerprint density at radius 3 is 2.67 bits per heavy atom. The number of nitro groups is 1. The quantitative estimate of drug-likeness (QED) is 0.434. The summed E-state index contributed by atoms with van der Waals surface area (Å²) in [5.41, 5.74) is 0.794. The van der Waals surface area contributed by atoms with Gasteiger partial charge in [-0.05, 0) is 30.0 Å². The fraction of sp³-hybridized carbons (Fsp3) is 0. The first kappa shape index (κ1) is 13.3. The normalized spacial score (nSPS) is 10.9. The van der Waals surface area contributed by atoms with Gasteiger partial charge in [-0.15, -0.1) is 0 Å². The van der Waals surface area contributed by atoms with Gasteiger partial charge in [-0.25, -0.2) is 4.98 Å². The Kier molecular flexibility index (Phi) is 3.15. The van der Waals surface area contributed by atoms with Crippen LogP contribution in [0.15, 0.2) is 50.9 Å². The van der Waals surface area contributed by atoms with Gasteiger partial charge < -0.3 is 14.6 Å². The molecular formula is C13H8N2O5S. The van der Waals surface area contributed by atoms with Crippen molar-refractivity contribution in [1.29, 1.82) is 0 Å². The van der Waals surface area contributed by atoms with Gasteiger partial charge in [0.2, 0.25) is 0 Å². The van der Waals surface area contributed by atoms with E-state index < -0.39 is 16.4 Å². The minimum absolute atomic E-state index is 0.119. The minimum atomic E-state index is -0.649. The highest BCUT2D eigenvalue weighted by molar-refractivity contribution is 7.99. The summed E-state index contributed by atoms with van der Waals surface area (Å²) in [5.74, 6) is -1.02. The summed E-state index contributed by atoms with van der Waals surface area (Å²) in [6, 6.07) is 9.18. The van der Waals surface area contributed by atoms with E-state index in [1.807, 2.05) is 0 Å². The first-order valence-electron chi connectivity index (χ1n) is 5.79. The largest absolute Gasteiger partial charge is 0.504 e. The van der Waals surface area contributed by atoms with E-state index in [4.69, 9.17) is 4.42 Å². The van der Waals surface area contributed by atoms with Crippen LogP contribution in [0.1, 0.15) is 0 Å². The molecule has 0 fully saturated rings. The van der Waals surface area contributed by atoms with Gasteiger partial charge in [-0.1, -0.05) is 12.1 Å². The van der Waals surface area contributed by atoms with Gasteiger partial charge in [-0.2, -0.15) is 0 Å². The Labute approximate surface area is 122 Å². The number of oxazole rings is 1. The number of hydrogen-bond acceptors (Lipinski definition) is 7. The lowest BCUT2D eigenvalue weighted by Crippen LogP contribution is -1.91. The molecule has 0 atom stereocenters. The van der Waals surface area contributed by atoms with Gasteiger partial charge in [-0.3, -0.25) is 10.1 Å². The zero-order valence-corrected chi connectivity index (χ0v) is 11.2. The number of para-hydroxylation sites is 2. The first-order valence-corrected chi connectivity index (χ1v) is 6.60. The number of nitrogens with zero attached hydrogens (tertiary/aromatic N) is 2. The summed E-state index contributed by atoms with van der Waals surface area (Å²) >= 11 is 0.780. The Morgan fingerprint density at radius 2 is 1.95 bits per heavy atom. The standard InChI is InChI=1S/C13H8N2O5S/c16-9-6-5-8(15(18)19)12(11(9)17)21-13-14-7-3-1-2-4-10(7)20-13/h1-6,16-17H. The van der Waals surface area contributed by atoms with Gasteiger partial charge in [0, 0.05) is 6.07 Å². The van der Waals surface area contributed by atoms with Crippen LogP contribution < -0.4 is 0 Å². The zero-order valence-electron chi connectivity index (χ0n) is 10.4. The summed E-state index contributed by atoms with van der Waals surface area (Å²) in [6.07, 6.45) is 0. The average Bonchev–Trinajstić information content (AvgIpc) is 2.86. The second kappa shape index (κ2) is 4.98. The maximum Gasteiger partial charge on any atom is 0.287 e. The molecule has 2 aromatic carbocycles. The second-order valence-electron chi connectivity index (χ2n) is 4.09. The highest BCUT2D eigenvalue weighted by atomic mass is 32.2. The van der Waals surface area contributed by atoms with Crippen molar-refractivity contribution in [3.63, 3.8) is 0 Å². The lowest BCUT2D eigenvalue weighted by atomic mass is 10.3. The van der Waals surface area contributed by atoms with E-state index in [0.29, 0.717) is 11.1 Å². The number of rotatable bonds is 3. The Bertz CT molecular complexity index is 813. The molecule has 0 saturated carbocycles. The molecule has 1 aromatic heterocycles. The molecule has 0 aliphatic heterocycles. The summed E-state index contributed by atoms with van der Waals surface area (Å²) in [5, 5.41) is 30.4. The van der Waals surface area contributed by atoms with Gasteiger partial charge in [0.05, 0.1) is 4.92 Å². The minimum Gasteiger partial charge on any atom is -0.504 e. The van der Waals surface area contributed by atoms with Crippen LogP contribution in [-0.4, -0.2) is 20.1 Å². The predicted molar refractivity (Wildman–Crippen MR) is 74.6 cm³/mol. The average molecular weight is 304 g/mol. The molecule has 106 valence electrons. The fourth-order valence-corrected chi connectivity index (χ4v) is 2.67. The number of fused-ring (bicyclic) bond motifs is 1.